The summed E-state index contributed by atoms with van der Waals surface area (Å²) >= 11 is 0. The van der Waals surface area contributed by atoms with Gasteiger partial charge in [-0.15, -0.1) is 0 Å². The van der Waals surface area contributed by atoms with Crippen LogP contribution in [0.3, 0.4) is 0 Å². The number of hydrogen-bond donors (Lipinski definition) is 2. The molecule has 0 aromatic heterocycles. The van der Waals surface area contributed by atoms with Crippen LogP contribution in [0.2, 0.25) is 0 Å². The summed E-state index contributed by atoms with van der Waals surface area (Å²) in [4.78, 5) is 11.5. The summed E-state index contributed by atoms with van der Waals surface area (Å²) in [5, 5.41) is 5.97. The second kappa shape index (κ2) is 6.35. The van der Waals surface area contributed by atoms with Gasteiger partial charge in [-0.3, -0.25) is 4.79 Å². The Morgan fingerprint density at radius 3 is 2.71 bits per heavy atom. The van der Waals surface area contributed by atoms with E-state index in [2.05, 4.69) is 10.6 Å². The van der Waals surface area contributed by atoms with E-state index >= 15 is 0 Å². The van der Waals surface area contributed by atoms with Crippen molar-refractivity contribution in [3.8, 4) is 0 Å². The lowest BCUT2D eigenvalue weighted by Gasteiger charge is -2.13. The van der Waals surface area contributed by atoms with Crippen molar-refractivity contribution in [1.29, 1.82) is 0 Å². The molecule has 1 heterocycles. The summed E-state index contributed by atoms with van der Waals surface area (Å²) in [5.74, 6) is 0.568. The SMILES string of the molecule is CCNC(C)CC(=O)NCC1CCS(=O)(=O)C1. The van der Waals surface area contributed by atoms with E-state index in [1.54, 1.807) is 0 Å². The Morgan fingerprint density at radius 1 is 1.47 bits per heavy atom. The van der Waals surface area contributed by atoms with Gasteiger partial charge in [0.2, 0.25) is 5.91 Å². The van der Waals surface area contributed by atoms with E-state index in [0.29, 0.717) is 19.4 Å². The fourth-order valence-electron chi connectivity index (χ4n) is 2.06. The molecule has 17 heavy (non-hydrogen) atoms. The summed E-state index contributed by atoms with van der Waals surface area (Å²) in [6, 6.07) is 0.160. The smallest absolute Gasteiger partial charge is 0.221 e. The summed E-state index contributed by atoms with van der Waals surface area (Å²) in [6.07, 6.45) is 1.11. The lowest BCUT2D eigenvalue weighted by molar-refractivity contribution is -0.121. The van der Waals surface area contributed by atoms with Crippen LogP contribution in [-0.2, 0) is 14.6 Å². The molecule has 1 aliphatic heterocycles. The van der Waals surface area contributed by atoms with Crippen LogP contribution in [0.4, 0.5) is 0 Å². The van der Waals surface area contributed by atoms with Gasteiger partial charge >= 0.3 is 0 Å². The first-order chi connectivity index (χ1) is 7.93. The highest BCUT2D eigenvalue weighted by atomic mass is 32.2. The Kier molecular flexibility index (Phi) is 5.39. The number of nitrogens with one attached hydrogen (secondary N) is 2. The van der Waals surface area contributed by atoms with Crippen LogP contribution in [0.15, 0.2) is 0 Å². The molecule has 1 amide bonds. The van der Waals surface area contributed by atoms with Crippen molar-refractivity contribution < 1.29 is 13.2 Å². The van der Waals surface area contributed by atoms with Gasteiger partial charge in [0, 0.05) is 19.0 Å². The van der Waals surface area contributed by atoms with Crippen LogP contribution in [0.1, 0.15) is 26.7 Å². The first kappa shape index (κ1) is 14.4. The molecular weight excluding hydrogens is 240 g/mol. The molecule has 0 spiro atoms. The van der Waals surface area contributed by atoms with E-state index in [1.165, 1.54) is 0 Å². The number of hydrogen-bond acceptors (Lipinski definition) is 4. The molecule has 2 unspecified atom stereocenters. The molecule has 0 saturated carbocycles. The molecule has 1 aliphatic rings. The molecule has 1 fully saturated rings. The minimum Gasteiger partial charge on any atom is -0.356 e. The Bertz CT molecular complexity index is 354. The van der Waals surface area contributed by atoms with Crippen molar-refractivity contribution in [1.82, 2.24) is 10.6 Å². The highest BCUT2D eigenvalue weighted by molar-refractivity contribution is 7.91. The fraction of sp³-hybridized carbons (Fsp3) is 0.909. The molecule has 1 rings (SSSR count). The topological polar surface area (TPSA) is 75.3 Å². The largest absolute Gasteiger partial charge is 0.356 e. The number of carbonyl (C=O) groups is 1. The third-order valence-electron chi connectivity index (χ3n) is 2.96. The number of sulfone groups is 1. The summed E-state index contributed by atoms with van der Waals surface area (Å²) in [7, 11) is -2.84. The number of amides is 1. The first-order valence-corrected chi connectivity index (χ1v) is 7.95. The van der Waals surface area contributed by atoms with Crippen LogP contribution in [-0.4, -0.2) is 45.0 Å². The summed E-state index contributed by atoms with van der Waals surface area (Å²) < 4.78 is 22.5. The molecule has 100 valence electrons. The molecule has 0 aromatic rings. The van der Waals surface area contributed by atoms with Gasteiger partial charge in [0.1, 0.15) is 0 Å². The van der Waals surface area contributed by atoms with Crippen LogP contribution >= 0.6 is 0 Å². The quantitative estimate of drug-likeness (QED) is 0.702. The minimum absolute atomic E-state index is 0.0113. The van der Waals surface area contributed by atoms with Crippen molar-refractivity contribution in [3.63, 3.8) is 0 Å². The molecule has 1 saturated heterocycles. The van der Waals surface area contributed by atoms with E-state index in [0.717, 1.165) is 6.54 Å². The predicted octanol–water partition coefficient (Wildman–Crippen LogP) is -0.0746. The monoisotopic (exact) mass is 262 g/mol. The van der Waals surface area contributed by atoms with Crippen LogP contribution in [0.5, 0.6) is 0 Å². The molecule has 2 atom stereocenters. The Morgan fingerprint density at radius 2 is 2.18 bits per heavy atom. The van der Waals surface area contributed by atoms with E-state index in [4.69, 9.17) is 0 Å². The van der Waals surface area contributed by atoms with Gasteiger partial charge in [-0.1, -0.05) is 6.92 Å². The normalized spacial score (nSPS) is 24.5. The third-order valence-corrected chi connectivity index (χ3v) is 4.80. The standard InChI is InChI=1S/C11H22N2O3S/c1-3-12-9(2)6-11(14)13-7-10-4-5-17(15,16)8-10/h9-10,12H,3-8H2,1-2H3,(H,13,14). The van der Waals surface area contributed by atoms with E-state index in [9.17, 15) is 13.2 Å². The van der Waals surface area contributed by atoms with Gasteiger partial charge in [0.25, 0.3) is 0 Å². The third kappa shape index (κ3) is 5.50. The maximum absolute atomic E-state index is 11.5. The van der Waals surface area contributed by atoms with Crippen LogP contribution in [0, 0.1) is 5.92 Å². The van der Waals surface area contributed by atoms with Gasteiger partial charge in [-0.05, 0) is 25.8 Å². The molecule has 0 bridgehead atoms. The number of carbonyl (C=O) groups excluding carboxylic acids is 1. The predicted molar refractivity (Wildman–Crippen MR) is 67.5 cm³/mol. The zero-order chi connectivity index (χ0) is 12.9. The van der Waals surface area contributed by atoms with E-state index in [1.807, 2.05) is 13.8 Å². The van der Waals surface area contributed by atoms with Crippen LogP contribution in [0.25, 0.3) is 0 Å². The zero-order valence-electron chi connectivity index (χ0n) is 10.5. The van der Waals surface area contributed by atoms with Gasteiger partial charge in [0.05, 0.1) is 11.5 Å². The average Bonchev–Trinajstić information content (AvgIpc) is 2.55. The van der Waals surface area contributed by atoms with E-state index in [-0.39, 0.29) is 29.4 Å². The molecule has 2 N–H and O–H groups in total. The maximum Gasteiger partial charge on any atom is 0.221 e. The van der Waals surface area contributed by atoms with Crippen LogP contribution < -0.4 is 10.6 Å². The second-order valence-corrected chi connectivity index (χ2v) is 6.96. The van der Waals surface area contributed by atoms with Gasteiger partial charge < -0.3 is 10.6 Å². The van der Waals surface area contributed by atoms with Crippen molar-refractivity contribution in [3.05, 3.63) is 0 Å². The first-order valence-electron chi connectivity index (χ1n) is 6.13. The lowest BCUT2D eigenvalue weighted by atomic mass is 10.1. The molecular formula is C11H22N2O3S. The molecule has 0 aromatic carbocycles. The van der Waals surface area contributed by atoms with Gasteiger partial charge in [-0.2, -0.15) is 0 Å². The zero-order valence-corrected chi connectivity index (χ0v) is 11.3. The second-order valence-electron chi connectivity index (χ2n) is 4.74. The maximum atomic E-state index is 11.5. The van der Waals surface area contributed by atoms with E-state index < -0.39 is 9.84 Å². The lowest BCUT2D eigenvalue weighted by Crippen LogP contribution is -2.35. The Balaban J connectivity index is 2.20. The molecule has 0 radical (unpaired) electrons. The molecule has 5 nitrogen and oxygen atoms in total. The molecule has 0 aliphatic carbocycles. The highest BCUT2D eigenvalue weighted by Crippen LogP contribution is 2.17. The summed E-state index contributed by atoms with van der Waals surface area (Å²) in [5.41, 5.74) is 0. The van der Waals surface area contributed by atoms with Crippen molar-refractivity contribution >= 4 is 15.7 Å². The van der Waals surface area contributed by atoms with Crippen molar-refractivity contribution in [2.45, 2.75) is 32.7 Å². The van der Waals surface area contributed by atoms with Crippen molar-refractivity contribution in [2.75, 3.05) is 24.6 Å². The van der Waals surface area contributed by atoms with Crippen molar-refractivity contribution in [2.24, 2.45) is 5.92 Å². The fourth-order valence-corrected chi connectivity index (χ4v) is 3.92. The molecule has 6 heteroatoms. The average molecular weight is 262 g/mol. The van der Waals surface area contributed by atoms with Gasteiger partial charge in [0.15, 0.2) is 9.84 Å². The highest BCUT2D eigenvalue weighted by Gasteiger charge is 2.27. The Labute approximate surface area is 103 Å². The minimum atomic E-state index is -2.84. The van der Waals surface area contributed by atoms with Gasteiger partial charge in [-0.25, -0.2) is 8.42 Å². The number of rotatable bonds is 6. The Hall–Kier alpha value is -0.620. The summed E-state index contributed by atoms with van der Waals surface area (Å²) in [6.45, 7) is 5.28.